The number of rotatable bonds is 4. The molecule has 1 aromatic heterocycles. The van der Waals surface area contributed by atoms with Crippen molar-refractivity contribution < 1.29 is 14.0 Å². The second-order valence-corrected chi connectivity index (χ2v) is 8.24. The molecule has 0 unspecified atom stereocenters. The maximum Gasteiger partial charge on any atom is 0.289 e. The minimum absolute atomic E-state index is 0.0878. The number of furan rings is 1. The van der Waals surface area contributed by atoms with Gasteiger partial charge in [-0.3, -0.25) is 14.5 Å². The van der Waals surface area contributed by atoms with Gasteiger partial charge in [-0.15, -0.1) is 0 Å². The molecule has 6 heteroatoms. The first kappa shape index (κ1) is 19.5. The monoisotopic (exact) mass is 393 g/mol. The highest BCUT2D eigenvalue weighted by molar-refractivity contribution is 5.94. The zero-order valence-electron chi connectivity index (χ0n) is 17.2. The molecule has 1 saturated heterocycles. The third kappa shape index (κ3) is 3.60. The van der Waals surface area contributed by atoms with Crippen LogP contribution in [0.4, 0.5) is 5.69 Å². The first-order valence-electron chi connectivity index (χ1n) is 10.0. The van der Waals surface area contributed by atoms with Crippen LogP contribution in [0.15, 0.2) is 58.9 Å². The van der Waals surface area contributed by atoms with Crippen LogP contribution in [0.3, 0.4) is 0 Å². The number of nitrogens with zero attached hydrogens (tertiary/aromatic N) is 3. The van der Waals surface area contributed by atoms with E-state index in [-0.39, 0.29) is 17.1 Å². The molecule has 1 fully saturated rings. The van der Waals surface area contributed by atoms with Crippen molar-refractivity contribution in [2.24, 2.45) is 0 Å². The number of benzene rings is 1. The Morgan fingerprint density at radius 3 is 2.45 bits per heavy atom. The number of carbonyl (C=O) groups is 2. The number of amides is 1. The van der Waals surface area contributed by atoms with Crippen molar-refractivity contribution in [1.82, 2.24) is 9.80 Å². The molecular formula is C23H27N3O3. The molecule has 0 bridgehead atoms. The Kier molecular flexibility index (Phi) is 5.04. The van der Waals surface area contributed by atoms with Gasteiger partial charge in [-0.1, -0.05) is 32.0 Å². The van der Waals surface area contributed by atoms with E-state index in [0.717, 1.165) is 11.4 Å². The fourth-order valence-corrected chi connectivity index (χ4v) is 4.34. The second kappa shape index (κ2) is 7.52. The molecule has 0 atom stereocenters. The van der Waals surface area contributed by atoms with Gasteiger partial charge < -0.3 is 14.2 Å². The highest BCUT2D eigenvalue weighted by Gasteiger charge is 2.38. The van der Waals surface area contributed by atoms with Crippen LogP contribution in [-0.4, -0.2) is 61.3 Å². The molecule has 0 spiro atoms. The second-order valence-electron chi connectivity index (χ2n) is 8.24. The van der Waals surface area contributed by atoms with E-state index in [1.165, 1.54) is 11.8 Å². The summed E-state index contributed by atoms with van der Waals surface area (Å²) in [5, 5.41) is 0. The number of piperazine rings is 1. The largest absolute Gasteiger partial charge is 0.459 e. The van der Waals surface area contributed by atoms with E-state index in [9.17, 15) is 9.59 Å². The van der Waals surface area contributed by atoms with Crippen molar-refractivity contribution in [2.45, 2.75) is 19.3 Å². The fourth-order valence-electron chi connectivity index (χ4n) is 4.34. The standard InChI is InChI=1S/C23H27N3O3/c1-23(2)18-7-4-5-8-19(18)24(3)21(23)15-17(27)16-25-10-12-26(13-11-25)22(28)20-9-6-14-29-20/h4-9,14-15H,10-13,16H2,1-3H3/b21-15-. The van der Waals surface area contributed by atoms with E-state index >= 15 is 0 Å². The fraction of sp³-hybridized carbons (Fsp3) is 0.391. The van der Waals surface area contributed by atoms with Crippen LogP contribution in [0.1, 0.15) is 30.0 Å². The summed E-state index contributed by atoms with van der Waals surface area (Å²) in [6, 6.07) is 11.7. The summed E-state index contributed by atoms with van der Waals surface area (Å²) in [5.74, 6) is 0.374. The highest BCUT2D eigenvalue weighted by Crippen LogP contribution is 2.46. The normalized spacial score (nSPS) is 20.2. The smallest absolute Gasteiger partial charge is 0.289 e. The molecule has 0 aliphatic carbocycles. The zero-order chi connectivity index (χ0) is 20.6. The number of hydrogen-bond donors (Lipinski definition) is 0. The summed E-state index contributed by atoms with van der Waals surface area (Å²) >= 11 is 0. The van der Waals surface area contributed by atoms with Crippen molar-refractivity contribution in [1.29, 1.82) is 0 Å². The number of anilines is 1. The number of likely N-dealkylation sites (N-methyl/N-ethyl adjacent to an activating group) is 1. The number of para-hydroxylation sites is 1. The highest BCUT2D eigenvalue weighted by atomic mass is 16.3. The Labute approximate surface area is 171 Å². The Morgan fingerprint density at radius 2 is 1.79 bits per heavy atom. The van der Waals surface area contributed by atoms with Crippen LogP contribution >= 0.6 is 0 Å². The summed E-state index contributed by atoms with van der Waals surface area (Å²) < 4.78 is 5.20. The zero-order valence-corrected chi connectivity index (χ0v) is 17.2. The van der Waals surface area contributed by atoms with Crippen LogP contribution in [0.5, 0.6) is 0 Å². The number of fused-ring (bicyclic) bond motifs is 1. The van der Waals surface area contributed by atoms with Crippen LogP contribution in [-0.2, 0) is 10.2 Å². The van der Waals surface area contributed by atoms with Gasteiger partial charge in [0.25, 0.3) is 5.91 Å². The van der Waals surface area contributed by atoms with Gasteiger partial charge in [-0.2, -0.15) is 0 Å². The van der Waals surface area contributed by atoms with Gasteiger partial charge in [0.15, 0.2) is 11.5 Å². The van der Waals surface area contributed by atoms with E-state index in [1.54, 1.807) is 23.1 Å². The molecule has 0 N–H and O–H groups in total. The van der Waals surface area contributed by atoms with E-state index in [1.807, 2.05) is 19.2 Å². The van der Waals surface area contributed by atoms with Gasteiger partial charge in [-0.05, 0) is 23.8 Å². The van der Waals surface area contributed by atoms with Gasteiger partial charge in [0.2, 0.25) is 0 Å². The van der Waals surface area contributed by atoms with E-state index < -0.39 is 0 Å². The SMILES string of the molecule is CN1/C(=C\C(=O)CN2CCN(C(=O)c3ccco3)CC2)C(C)(C)c2ccccc21. The summed E-state index contributed by atoms with van der Waals surface area (Å²) in [4.78, 5) is 31.2. The van der Waals surface area contributed by atoms with E-state index in [0.29, 0.717) is 38.5 Å². The van der Waals surface area contributed by atoms with Crippen molar-refractivity contribution in [2.75, 3.05) is 44.7 Å². The summed E-state index contributed by atoms with van der Waals surface area (Å²) in [6.45, 7) is 7.25. The number of hydrogen-bond acceptors (Lipinski definition) is 5. The first-order chi connectivity index (χ1) is 13.9. The summed E-state index contributed by atoms with van der Waals surface area (Å²) in [5.41, 5.74) is 3.22. The molecular weight excluding hydrogens is 366 g/mol. The lowest BCUT2D eigenvalue weighted by Crippen LogP contribution is -2.49. The topological polar surface area (TPSA) is 57.0 Å². The summed E-state index contributed by atoms with van der Waals surface area (Å²) in [7, 11) is 2.02. The molecule has 4 rings (SSSR count). The minimum Gasteiger partial charge on any atom is -0.459 e. The predicted molar refractivity (Wildman–Crippen MR) is 112 cm³/mol. The van der Waals surface area contributed by atoms with Crippen molar-refractivity contribution >= 4 is 17.4 Å². The van der Waals surface area contributed by atoms with Crippen molar-refractivity contribution in [3.05, 3.63) is 65.8 Å². The molecule has 1 aromatic carbocycles. The van der Waals surface area contributed by atoms with Gasteiger partial charge in [-0.25, -0.2) is 0 Å². The molecule has 0 radical (unpaired) electrons. The summed E-state index contributed by atoms with van der Waals surface area (Å²) in [6.07, 6.45) is 3.30. The van der Waals surface area contributed by atoms with Crippen LogP contribution in [0.2, 0.25) is 0 Å². The molecule has 2 aromatic rings. The Morgan fingerprint density at radius 1 is 1.07 bits per heavy atom. The maximum absolute atomic E-state index is 12.8. The van der Waals surface area contributed by atoms with Gasteiger partial charge in [0, 0.05) is 56.1 Å². The lowest BCUT2D eigenvalue weighted by Gasteiger charge is -2.33. The van der Waals surface area contributed by atoms with Crippen LogP contribution in [0.25, 0.3) is 0 Å². The molecule has 2 aliphatic heterocycles. The quantitative estimate of drug-likeness (QED) is 0.748. The van der Waals surface area contributed by atoms with Crippen molar-refractivity contribution in [3.63, 3.8) is 0 Å². The number of carbonyl (C=O) groups excluding carboxylic acids is 2. The number of ketones is 1. The van der Waals surface area contributed by atoms with Crippen LogP contribution < -0.4 is 4.90 Å². The Hall–Kier alpha value is -2.86. The molecule has 3 heterocycles. The van der Waals surface area contributed by atoms with Crippen molar-refractivity contribution in [3.8, 4) is 0 Å². The molecule has 6 nitrogen and oxygen atoms in total. The lowest BCUT2D eigenvalue weighted by atomic mass is 9.83. The van der Waals surface area contributed by atoms with E-state index in [2.05, 4.69) is 35.8 Å². The lowest BCUT2D eigenvalue weighted by molar-refractivity contribution is -0.116. The van der Waals surface area contributed by atoms with E-state index in [4.69, 9.17) is 4.42 Å². The van der Waals surface area contributed by atoms with Gasteiger partial charge in [0.05, 0.1) is 12.8 Å². The maximum atomic E-state index is 12.8. The predicted octanol–water partition coefficient (Wildman–Crippen LogP) is 2.92. The third-order valence-corrected chi connectivity index (χ3v) is 6.01. The molecule has 2 aliphatic rings. The average molecular weight is 393 g/mol. The molecule has 0 saturated carbocycles. The van der Waals surface area contributed by atoms with Gasteiger partial charge in [0.1, 0.15) is 0 Å². The molecule has 1 amide bonds. The molecule has 29 heavy (non-hydrogen) atoms. The third-order valence-electron chi connectivity index (χ3n) is 6.01. The number of allylic oxidation sites excluding steroid dienone is 1. The van der Waals surface area contributed by atoms with Crippen LogP contribution in [0, 0.1) is 0 Å². The average Bonchev–Trinajstić information content (AvgIpc) is 3.31. The first-order valence-corrected chi connectivity index (χ1v) is 10.0. The van der Waals surface area contributed by atoms with Gasteiger partial charge >= 0.3 is 0 Å². The Balaban J connectivity index is 1.38. The Bertz CT molecular complexity index is 938. The minimum atomic E-state index is -0.199. The molecule has 152 valence electrons.